The second-order valence-corrected chi connectivity index (χ2v) is 10.5. The third-order valence-electron chi connectivity index (χ3n) is 5.33. The highest BCUT2D eigenvalue weighted by Gasteiger charge is 2.25. The molecule has 0 fully saturated rings. The van der Waals surface area contributed by atoms with Crippen LogP contribution < -0.4 is 0 Å². The summed E-state index contributed by atoms with van der Waals surface area (Å²) < 4.78 is 70.7. The van der Waals surface area contributed by atoms with Crippen LogP contribution in [0.5, 0.6) is 0 Å². The Morgan fingerprint density at radius 2 is 0.966 bits per heavy atom. The van der Waals surface area contributed by atoms with E-state index in [2.05, 4.69) is 9.80 Å². The molecule has 0 saturated carbocycles. The summed E-state index contributed by atoms with van der Waals surface area (Å²) >= 11 is 0. The highest BCUT2D eigenvalue weighted by Crippen LogP contribution is 2.13. The molecule has 0 aliphatic carbocycles. The quantitative estimate of drug-likeness (QED) is 0.232. The molecule has 11 heteroatoms. The van der Waals surface area contributed by atoms with Gasteiger partial charge < -0.3 is 14.5 Å². The van der Waals surface area contributed by atoms with Crippen molar-refractivity contribution in [3.63, 3.8) is 0 Å². The summed E-state index contributed by atoms with van der Waals surface area (Å²) in [6.07, 6.45) is 0.884. The standard InChI is InChI=1S/C18H40N2O7S2/c1-5-19(6-2)13-9-17(28(21,22)23)11-15-27-16-12-18(29(24,25)26)10-14-20(7-3)8-4/h17-18H,5-16H2,1-4H3,(H,21,22,23)(H,24,25,26). The zero-order valence-electron chi connectivity index (χ0n) is 18.3. The monoisotopic (exact) mass is 460 g/mol. The molecule has 0 saturated heterocycles. The maximum Gasteiger partial charge on any atom is 0.267 e. The Hall–Kier alpha value is -0.300. The molecule has 0 aliphatic heterocycles. The van der Waals surface area contributed by atoms with Gasteiger partial charge in [-0.1, -0.05) is 27.7 Å². The first kappa shape index (κ1) is 28.7. The molecule has 0 aliphatic rings. The average molecular weight is 461 g/mol. The van der Waals surface area contributed by atoms with E-state index in [0.29, 0.717) is 25.9 Å². The van der Waals surface area contributed by atoms with Gasteiger partial charge in [0, 0.05) is 13.2 Å². The van der Waals surface area contributed by atoms with Crippen LogP contribution in [0.15, 0.2) is 0 Å². The summed E-state index contributed by atoms with van der Waals surface area (Å²) in [6, 6.07) is 0. The minimum Gasteiger partial charge on any atom is -0.381 e. The fourth-order valence-electron chi connectivity index (χ4n) is 3.15. The molecular formula is C18H40N2O7S2. The molecule has 0 rings (SSSR count). The molecule has 0 aromatic heterocycles. The van der Waals surface area contributed by atoms with Gasteiger partial charge in [-0.2, -0.15) is 16.8 Å². The van der Waals surface area contributed by atoms with Gasteiger partial charge in [0.2, 0.25) is 0 Å². The lowest BCUT2D eigenvalue weighted by Gasteiger charge is -2.22. The van der Waals surface area contributed by atoms with E-state index in [1.807, 2.05) is 27.7 Å². The lowest BCUT2D eigenvalue weighted by Crippen LogP contribution is -2.31. The van der Waals surface area contributed by atoms with E-state index in [4.69, 9.17) is 4.74 Å². The summed E-state index contributed by atoms with van der Waals surface area (Å²) in [6.45, 7) is 12.5. The molecule has 176 valence electrons. The fourth-order valence-corrected chi connectivity index (χ4v) is 4.74. The van der Waals surface area contributed by atoms with Crippen molar-refractivity contribution >= 4 is 20.2 Å². The Labute approximate surface area is 177 Å². The van der Waals surface area contributed by atoms with E-state index in [0.717, 1.165) is 26.2 Å². The van der Waals surface area contributed by atoms with Crippen LogP contribution in [0.2, 0.25) is 0 Å². The van der Waals surface area contributed by atoms with Gasteiger partial charge in [-0.15, -0.1) is 0 Å². The second kappa shape index (κ2) is 14.7. The minimum absolute atomic E-state index is 0.0942. The molecule has 0 radical (unpaired) electrons. The first-order chi connectivity index (χ1) is 13.5. The maximum atomic E-state index is 11.6. The van der Waals surface area contributed by atoms with Gasteiger partial charge in [0.05, 0.1) is 10.5 Å². The molecule has 2 N–H and O–H groups in total. The van der Waals surface area contributed by atoms with E-state index in [1.54, 1.807) is 0 Å². The predicted octanol–water partition coefficient (Wildman–Crippen LogP) is 1.76. The Morgan fingerprint density at radius 3 is 1.21 bits per heavy atom. The van der Waals surface area contributed by atoms with E-state index in [-0.39, 0.29) is 26.1 Å². The molecule has 0 amide bonds. The zero-order valence-corrected chi connectivity index (χ0v) is 19.9. The number of hydrogen-bond acceptors (Lipinski definition) is 7. The van der Waals surface area contributed by atoms with E-state index in [1.165, 1.54) is 0 Å². The van der Waals surface area contributed by atoms with Crippen LogP contribution in [0.4, 0.5) is 0 Å². The van der Waals surface area contributed by atoms with E-state index >= 15 is 0 Å². The molecule has 2 unspecified atom stereocenters. The normalized spacial score (nSPS) is 15.2. The summed E-state index contributed by atoms with van der Waals surface area (Å²) in [5.74, 6) is 0. The van der Waals surface area contributed by atoms with Crippen molar-refractivity contribution in [3.8, 4) is 0 Å². The largest absolute Gasteiger partial charge is 0.381 e. The molecule has 2 atom stereocenters. The molecule has 0 aromatic carbocycles. The van der Waals surface area contributed by atoms with Crippen LogP contribution in [0, 0.1) is 0 Å². The molecule has 0 bridgehead atoms. The van der Waals surface area contributed by atoms with Crippen LogP contribution in [-0.4, -0.2) is 98.7 Å². The minimum atomic E-state index is -4.18. The number of ether oxygens (including phenoxy) is 1. The number of hydrogen-bond donors (Lipinski definition) is 2. The van der Waals surface area contributed by atoms with Crippen LogP contribution in [-0.2, 0) is 25.0 Å². The summed E-state index contributed by atoms with van der Waals surface area (Å²) in [5.41, 5.74) is 0. The molecule has 0 aromatic rings. The summed E-state index contributed by atoms with van der Waals surface area (Å²) in [7, 11) is -8.35. The van der Waals surface area contributed by atoms with Crippen molar-refractivity contribution in [2.75, 3.05) is 52.5 Å². The predicted molar refractivity (Wildman–Crippen MR) is 116 cm³/mol. The van der Waals surface area contributed by atoms with Crippen molar-refractivity contribution in [2.24, 2.45) is 0 Å². The Morgan fingerprint density at radius 1 is 0.655 bits per heavy atom. The van der Waals surface area contributed by atoms with Gasteiger partial charge in [-0.05, 0) is 65.0 Å². The Bertz CT molecular complexity index is 564. The molecular weight excluding hydrogens is 420 g/mol. The zero-order chi connectivity index (χ0) is 22.5. The highest BCUT2D eigenvalue weighted by atomic mass is 32.2. The molecule has 9 nitrogen and oxygen atoms in total. The van der Waals surface area contributed by atoms with Gasteiger partial charge in [0.15, 0.2) is 0 Å². The van der Waals surface area contributed by atoms with Crippen LogP contribution in [0.3, 0.4) is 0 Å². The topological polar surface area (TPSA) is 124 Å². The van der Waals surface area contributed by atoms with Gasteiger partial charge in [-0.3, -0.25) is 9.11 Å². The average Bonchev–Trinajstić information content (AvgIpc) is 2.63. The summed E-state index contributed by atoms with van der Waals surface area (Å²) in [5, 5.41) is -1.83. The maximum absolute atomic E-state index is 11.6. The van der Waals surface area contributed by atoms with Crippen LogP contribution in [0.25, 0.3) is 0 Å². The van der Waals surface area contributed by atoms with Crippen molar-refractivity contribution in [3.05, 3.63) is 0 Å². The smallest absolute Gasteiger partial charge is 0.267 e. The Balaban J connectivity index is 4.49. The van der Waals surface area contributed by atoms with Crippen LogP contribution >= 0.6 is 0 Å². The van der Waals surface area contributed by atoms with Crippen molar-refractivity contribution < 1.29 is 30.7 Å². The number of nitrogens with zero attached hydrogens (tertiary/aromatic N) is 2. The third-order valence-corrected chi connectivity index (χ3v) is 7.96. The fraction of sp³-hybridized carbons (Fsp3) is 1.00. The number of rotatable bonds is 18. The molecule has 0 heterocycles. The van der Waals surface area contributed by atoms with Crippen LogP contribution in [0.1, 0.15) is 53.4 Å². The van der Waals surface area contributed by atoms with Gasteiger partial charge in [-0.25, -0.2) is 0 Å². The van der Waals surface area contributed by atoms with E-state index in [9.17, 15) is 25.9 Å². The van der Waals surface area contributed by atoms with Gasteiger partial charge in [0.25, 0.3) is 20.2 Å². The summed E-state index contributed by atoms with van der Waals surface area (Å²) in [4.78, 5) is 4.15. The third kappa shape index (κ3) is 12.9. The highest BCUT2D eigenvalue weighted by molar-refractivity contribution is 7.86. The molecule has 0 spiro atoms. The lowest BCUT2D eigenvalue weighted by atomic mass is 10.2. The SMILES string of the molecule is CCN(CC)CCC(CCOCCC(CCN(CC)CC)S(=O)(=O)O)S(=O)(=O)O. The second-order valence-electron chi connectivity index (χ2n) is 7.09. The van der Waals surface area contributed by atoms with Crippen molar-refractivity contribution in [1.29, 1.82) is 0 Å². The first-order valence-corrected chi connectivity index (χ1v) is 13.4. The van der Waals surface area contributed by atoms with Gasteiger partial charge in [0.1, 0.15) is 0 Å². The molecule has 29 heavy (non-hydrogen) atoms. The van der Waals surface area contributed by atoms with Gasteiger partial charge >= 0.3 is 0 Å². The van der Waals surface area contributed by atoms with Crippen molar-refractivity contribution in [2.45, 2.75) is 63.9 Å². The first-order valence-electron chi connectivity index (χ1n) is 10.4. The van der Waals surface area contributed by atoms with Crippen molar-refractivity contribution in [1.82, 2.24) is 9.80 Å². The van der Waals surface area contributed by atoms with E-state index < -0.39 is 30.7 Å². The lowest BCUT2D eigenvalue weighted by molar-refractivity contribution is 0.124. The Kier molecular flexibility index (Phi) is 14.5.